The first-order valence-electron chi connectivity index (χ1n) is 9.98. The highest BCUT2D eigenvalue weighted by Gasteiger charge is 2.63. The van der Waals surface area contributed by atoms with Crippen molar-refractivity contribution in [3.8, 4) is 0 Å². The smallest absolute Gasteiger partial charge is 0.335 e. The van der Waals surface area contributed by atoms with E-state index in [1.54, 1.807) is 12.1 Å². The molecule has 3 N–H and O–H groups in total. The standard InChI is InChI=1S/C18H22O.C7H7NO2/c1-12-5-7-13(8-6-12)11-14-15-9-10-18(4,16(14)19)17(15,2)3;8-6-3-1-5(2-4-6)7(9)10/h5-8,11,15H,9-10H2,1-4H3;1-4H,8H2,(H,9,10). The van der Waals surface area contributed by atoms with Crippen molar-refractivity contribution in [2.24, 2.45) is 16.7 Å². The van der Waals surface area contributed by atoms with E-state index in [4.69, 9.17) is 10.8 Å². The highest BCUT2D eigenvalue weighted by molar-refractivity contribution is 6.07. The first-order valence-corrected chi connectivity index (χ1v) is 9.98. The molecule has 0 spiro atoms. The summed E-state index contributed by atoms with van der Waals surface area (Å²) in [7, 11) is 0. The van der Waals surface area contributed by atoms with E-state index >= 15 is 0 Å². The monoisotopic (exact) mass is 391 g/mol. The minimum atomic E-state index is -0.931. The molecule has 4 heteroatoms. The number of rotatable bonds is 2. The number of hydrogen-bond donors (Lipinski definition) is 2. The number of carboxylic acid groups (broad SMARTS) is 1. The summed E-state index contributed by atoms with van der Waals surface area (Å²) in [5, 5.41) is 8.43. The Kier molecular flexibility index (Phi) is 5.40. The number of benzene rings is 2. The van der Waals surface area contributed by atoms with Crippen LogP contribution in [0.5, 0.6) is 0 Å². The average molecular weight is 392 g/mol. The maximum absolute atomic E-state index is 12.7. The van der Waals surface area contributed by atoms with Gasteiger partial charge in [-0.25, -0.2) is 4.79 Å². The second-order valence-electron chi connectivity index (χ2n) is 8.91. The fourth-order valence-corrected chi connectivity index (χ4v) is 4.56. The average Bonchev–Trinajstić information content (AvgIpc) is 2.98. The van der Waals surface area contributed by atoms with E-state index in [2.05, 4.69) is 58.0 Å². The molecule has 4 rings (SSSR count). The Morgan fingerprint density at radius 3 is 2.14 bits per heavy atom. The number of carbonyl (C=O) groups is 2. The molecule has 2 unspecified atom stereocenters. The van der Waals surface area contributed by atoms with Crippen molar-refractivity contribution >= 4 is 23.5 Å². The minimum absolute atomic E-state index is 0.112. The molecule has 2 aromatic rings. The van der Waals surface area contributed by atoms with Crippen molar-refractivity contribution in [3.05, 3.63) is 70.8 Å². The van der Waals surface area contributed by atoms with Crippen LogP contribution in [0.15, 0.2) is 54.1 Å². The molecule has 2 bridgehead atoms. The van der Waals surface area contributed by atoms with Crippen LogP contribution in [0.2, 0.25) is 0 Å². The quantitative estimate of drug-likeness (QED) is 0.533. The van der Waals surface area contributed by atoms with Crippen LogP contribution in [0.4, 0.5) is 5.69 Å². The zero-order valence-corrected chi connectivity index (χ0v) is 17.5. The molecule has 2 saturated carbocycles. The number of aryl methyl sites for hydroxylation is 1. The van der Waals surface area contributed by atoms with Gasteiger partial charge in [-0.3, -0.25) is 4.79 Å². The Morgan fingerprint density at radius 1 is 1.07 bits per heavy atom. The maximum atomic E-state index is 12.7. The minimum Gasteiger partial charge on any atom is -0.478 e. The molecule has 2 aromatic carbocycles. The summed E-state index contributed by atoms with van der Waals surface area (Å²) < 4.78 is 0. The van der Waals surface area contributed by atoms with E-state index in [1.165, 1.54) is 17.7 Å². The number of hydrogen-bond acceptors (Lipinski definition) is 3. The molecule has 4 nitrogen and oxygen atoms in total. The Labute approximate surface area is 172 Å². The van der Waals surface area contributed by atoms with Crippen LogP contribution in [-0.4, -0.2) is 16.9 Å². The maximum Gasteiger partial charge on any atom is 0.335 e. The van der Waals surface area contributed by atoms with Gasteiger partial charge in [0.1, 0.15) is 0 Å². The van der Waals surface area contributed by atoms with Crippen LogP contribution in [0.1, 0.15) is 55.1 Å². The lowest BCUT2D eigenvalue weighted by atomic mass is 9.70. The molecule has 0 amide bonds. The number of ketones is 1. The molecule has 2 aliphatic carbocycles. The SMILES string of the molecule is Cc1ccc(C=C2C(=O)C3(C)CCC2C3(C)C)cc1.Nc1ccc(C(=O)O)cc1. The highest BCUT2D eigenvalue weighted by Crippen LogP contribution is 2.65. The molecule has 0 aliphatic heterocycles. The Balaban J connectivity index is 0.000000204. The fraction of sp³-hybridized carbons (Fsp3) is 0.360. The van der Waals surface area contributed by atoms with Gasteiger partial charge in [0.2, 0.25) is 0 Å². The Morgan fingerprint density at radius 2 is 1.66 bits per heavy atom. The van der Waals surface area contributed by atoms with Crippen LogP contribution in [-0.2, 0) is 4.79 Å². The van der Waals surface area contributed by atoms with Crippen molar-refractivity contribution in [2.45, 2.75) is 40.5 Å². The van der Waals surface area contributed by atoms with Crippen LogP contribution in [0.25, 0.3) is 6.08 Å². The van der Waals surface area contributed by atoms with Gasteiger partial charge in [-0.05, 0) is 72.6 Å². The summed E-state index contributed by atoms with van der Waals surface area (Å²) in [6.45, 7) is 8.77. The molecule has 0 radical (unpaired) electrons. The zero-order valence-electron chi connectivity index (χ0n) is 17.5. The van der Waals surface area contributed by atoms with Crippen molar-refractivity contribution < 1.29 is 14.7 Å². The lowest BCUT2D eigenvalue weighted by molar-refractivity contribution is -0.125. The number of nitrogen functional groups attached to an aromatic ring is 1. The summed E-state index contributed by atoms with van der Waals surface area (Å²) in [5.74, 6) is -0.111. The topological polar surface area (TPSA) is 80.4 Å². The number of carbonyl (C=O) groups excluding carboxylic acids is 1. The Hall–Kier alpha value is -2.88. The second kappa shape index (κ2) is 7.51. The molecule has 0 aromatic heterocycles. The molecular weight excluding hydrogens is 362 g/mol. The Bertz CT molecular complexity index is 955. The number of allylic oxidation sites excluding steroid dienone is 1. The summed E-state index contributed by atoms with van der Waals surface area (Å²) in [6.07, 6.45) is 4.33. The third kappa shape index (κ3) is 3.71. The molecule has 0 saturated heterocycles. The van der Waals surface area contributed by atoms with Gasteiger partial charge in [0, 0.05) is 11.1 Å². The van der Waals surface area contributed by atoms with E-state index in [1.807, 2.05) is 0 Å². The summed E-state index contributed by atoms with van der Waals surface area (Å²) in [6, 6.07) is 14.5. The predicted molar refractivity (Wildman–Crippen MR) is 117 cm³/mol. The third-order valence-corrected chi connectivity index (χ3v) is 6.92. The molecule has 0 heterocycles. The molecule has 2 aliphatic rings. The fourth-order valence-electron chi connectivity index (χ4n) is 4.56. The molecule has 29 heavy (non-hydrogen) atoms. The summed E-state index contributed by atoms with van der Waals surface area (Å²) >= 11 is 0. The van der Waals surface area contributed by atoms with E-state index in [0.717, 1.165) is 24.0 Å². The second-order valence-corrected chi connectivity index (χ2v) is 8.91. The number of anilines is 1. The van der Waals surface area contributed by atoms with Crippen LogP contribution in [0, 0.1) is 23.7 Å². The van der Waals surface area contributed by atoms with Gasteiger partial charge in [-0.1, -0.05) is 50.6 Å². The molecule has 2 fully saturated rings. The van der Waals surface area contributed by atoms with E-state index in [9.17, 15) is 9.59 Å². The summed E-state index contributed by atoms with van der Waals surface area (Å²) in [4.78, 5) is 23.0. The molecule has 2 atom stereocenters. The lowest BCUT2D eigenvalue weighted by Crippen LogP contribution is -2.32. The molecular formula is C25H29NO3. The van der Waals surface area contributed by atoms with Crippen molar-refractivity contribution in [2.75, 3.05) is 5.73 Å². The lowest BCUT2D eigenvalue weighted by Gasteiger charge is -2.31. The number of aromatic carboxylic acids is 1. The van der Waals surface area contributed by atoms with Gasteiger partial charge in [0.05, 0.1) is 5.56 Å². The number of Topliss-reactive ketones (excluding diaryl/α,β-unsaturated/α-hetero) is 1. The van der Waals surface area contributed by atoms with Gasteiger partial charge in [0.25, 0.3) is 0 Å². The van der Waals surface area contributed by atoms with Gasteiger partial charge < -0.3 is 10.8 Å². The van der Waals surface area contributed by atoms with Crippen LogP contribution < -0.4 is 5.73 Å². The normalized spacial score (nSPS) is 25.6. The van der Waals surface area contributed by atoms with Gasteiger partial charge in [-0.2, -0.15) is 0 Å². The summed E-state index contributed by atoms with van der Waals surface area (Å²) in [5.41, 5.74) is 9.60. The first-order chi connectivity index (χ1) is 13.6. The number of nitrogens with two attached hydrogens (primary N) is 1. The van der Waals surface area contributed by atoms with Crippen LogP contribution >= 0.6 is 0 Å². The van der Waals surface area contributed by atoms with E-state index in [0.29, 0.717) is 17.4 Å². The number of carboxylic acids is 1. The van der Waals surface area contributed by atoms with Gasteiger partial charge in [-0.15, -0.1) is 0 Å². The third-order valence-electron chi connectivity index (χ3n) is 6.92. The van der Waals surface area contributed by atoms with Crippen molar-refractivity contribution in [1.82, 2.24) is 0 Å². The molecule has 152 valence electrons. The van der Waals surface area contributed by atoms with Gasteiger partial charge >= 0.3 is 5.97 Å². The van der Waals surface area contributed by atoms with Crippen molar-refractivity contribution in [1.29, 1.82) is 0 Å². The van der Waals surface area contributed by atoms with Gasteiger partial charge in [0.15, 0.2) is 5.78 Å². The zero-order chi connectivity index (χ0) is 21.4. The van der Waals surface area contributed by atoms with Crippen LogP contribution in [0.3, 0.4) is 0 Å². The number of fused-ring (bicyclic) bond motifs is 2. The van der Waals surface area contributed by atoms with E-state index in [-0.39, 0.29) is 16.4 Å². The predicted octanol–water partition coefficient (Wildman–Crippen LogP) is 5.37. The largest absolute Gasteiger partial charge is 0.478 e. The highest BCUT2D eigenvalue weighted by atomic mass is 16.4. The van der Waals surface area contributed by atoms with E-state index < -0.39 is 5.97 Å². The van der Waals surface area contributed by atoms with Crippen molar-refractivity contribution in [3.63, 3.8) is 0 Å². The first kappa shape index (κ1) is 20.8.